The third-order valence-corrected chi connectivity index (χ3v) is 2.47. The molecule has 0 aromatic heterocycles. The summed E-state index contributed by atoms with van der Waals surface area (Å²) in [6, 6.07) is 0. The van der Waals surface area contributed by atoms with E-state index >= 15 is 0 Å². The van der Waals surface area contributed by atoms with Gasteiger partial charge in [0.05, 0.1) is 0 Å². The Morgan fingerprint density at radius 1 is 0.786 bits per heavy atom. The topological polar surface area (TPSA) is 32.3 Å². The van der Waals surface area contributed by atoms with Gasteiger partial charge in [-0.15, -0.1) is 0 Å². The highest BCUT2D eigenvalue weighted by Crippen LogP contribution is 2.06. The van der Waals surface area contributed by atoms with Crippen LogP contribution >= 0.6 is 0 Å². The van der Waals surface area contributed by atoms with E-state index in [9.17, 15) is 0 Å². The van der Waals surface area contributed by atoms with Crippen molar-refractivity contribution in [2.75, 3.05) is 19.7 Å². The van der Waals surface area contributed by atoms with Gasteiger partial charge in [-0.25, -0.2) is 0 Å². The van der Waals surface area contributed by atoms with Crippen LogP contribution in [-0.2, 0) is 0 Å². The second kappa shape index (κ2) is 12.9. The van der Waals surface area contributed by atoms with E-state index in [1.807, 2.05) is 0 Å². The van der Waals surface area contributed by atoms with Crippen LogP contribution in [0.15, 0.2) is 0 Å². The maximum atomic E-state index is 8.55. The molecule has 0 aromatic rings. The van der Waals surface area contributed by atoms with Crippen molar-refractivity contribution in [3.8, 4) is 0 Å². The van der Waals surface area contributed by atoms with Gasteiger partial charge in [0.25, 0.3) is 0 Å². The van der Waals surface area contributed by atoms with Gasteiger partial charge >= 0.3 is 0 Å². The van der Waals surface area contributed by atoms with Crippen molar-refractivity contribution in [2.24, 2.45) is 0 Å². The number of nitrogens with one attached hydrogen (secondary N) is 1. The summed E-state index contributed by atoms with van der Waals surface area (Å²) >= 11 is 0. The first-order chi connectivity index (χ1) is 6.91. The highest BCUT2D eigenvalue weighted by Gasteiger charge is 1.90. The van der Waals surface area contributed by atoms with Crippen molar-refractivity contribution in [3.63, 3.8) is 0 Å². The zero-order chi connectivity index (χ0) is 10.5. The second-order valence-electron chi connectivity index (χ2n) is 3.95. The lowest BCUT2D eigenvalue weighted by Crippen LogP contribution is -2.17. The van der Waals surface area contributed by atoms with Gasteiger partial charge in [0.15, 0.2) is 0 Å². The minimum atomic E-state index is 0.310. The van der Waals surface area contributed by atoms with Gasteiger partial charge in [0, 0.05) is 6.61 Å². The zero-order valence-corrected chi connectivity index (χ0v) is 9.73. The monoisotopic (exact) mass is 201 g/mol. The van der Waals surface area contributed by atoms with Crippen LogP contribution in [0.4, 0.5) is 0 Å². The number of hydrogen-bond acceptors (Lipinski definition) is 2. The van der Waals surface area contributed by atoms with E-state index in [2.05, 4.69) is 12.2 Å². The van der Waals surface area contributed by atoms with Gasteiger partial charge in [0.1, 0.15) is 0 Å². The average Bonchev–Trinajstić information content (AvgIpc) is 2.21. The molecular weight excluding hydrogens is 174 g/mol. The normalized spacial score (nSPS) is 10.7. The minimum Gasteiger partial charge on any atom is -0.396 e. The summed E-state index contributed by atoms with van der Waals surface area (Å²) in [6.07, 6.45) is 10.5. The third kappa shape index (κ3) is 11.9. The summed E-state index contributed by atoms with van der Waals surface area (Å²) in [4.78, 5) is 0. The summed E-state index contributed by atoms with van der Waals surface area (Å²) in [7, 11) is 0. The third-order valence-electron chi connectivity index (χ3n) is 2.47. The fourth-order valence-corrected chi connectivity index (χ4v) is 1.54. The van der Waals surface area contributed by atoms with Crippen molar-refractivity contribution in [1.82, 2.24) is 5.32 Å². The Hall–Kier alpha value is -0.0800. The lowest BCUT2D eigenvalue weighted by molar-refractivity contribution is 0.286. The number of unbranched alkanes of at least 4 members (excludes halogenated alkanes) is 6. The molecule has 0 heterocycles. The molecule has 0 atom stereocenters. The van der Waals surface area contributed by atoms with E-state index < -0.39 is 0 Å². The Morgan fingerprint density at radius 3 is 2.00 bits per heavy atom. The Bertz CT molecular complexity index is 84.3. The van der Waals surface area contributed by atoms with E-state index in [1.54, 1.807) is 0 Å². The smallest absolute Gasteiger partial charge is 0.0443 e. The van der Waals surface area contributed by atoms with E-state index in [1.165, 1.54) is 44.9 Å². The summed E-state index contributed by atoms with van der Waals surface area (Å²) in [5.41, 5.74) is 0. The molecule has 0 unspecified atom stereocenters. The molecule has 0 amide bonds. The lowest BCUT2D eigenvalue weighted by Gasteiger charge is -2.03. The van der Waals surface area contributed by atoms with Gasteiger partial charge in [-0.3, -0.25) is 0 Å². The van der Waals surface area contributed by atoms with Crippen LogP contribution < -0.4 is 5.32 Å². The summed E-state index contributed by atoms with van der Waals surface area (Å²) in [5, 5.41) is 11.9. The van der Waals surface area contributed by atoms with Gasteiger partial charge in [-0.2, -0.15) is 0 Å². The molecule has 0 fully saturated rings. The van der Waals surface area contributed by atoms with Crippen LogP contribution in [0.2, 0.25) is 0 Å². The Balaban J connectivity index is 2.78. The van der Waals surface area contributed by atoms with E-state index in [4.69, 9.17) is 5.11 Å². The number of rotatable bonds is 11. The van der Waals surface area contributed by atoms with Gasteiger partial charge < -0.3 is 10.4 Å². The fraction of sp³-hybridized carbons (Fsp3) is 1.00. The SMILES string of the molecule is CCCCCCCCCNCCCO. The fourth-order valence-electron chi connectivity index (χ4n) is 1.54. The lowest BCUT2D eigenvalue weighted by atomic mass is 10.1. The zero-order valence-electron chi connectivity index (χ0n) is 9.73. The molecule has 14 heavy (non-hydrogen) atoms. The summed E-state index contributed by atoms with van der Waals surface area (Å²) in [6.45, 7) is 4.65. The molecule has 0 saturated carbocycles. The Labute approximate surface area is 89.1 Å². The molecule has 0 aromatic carbocycles. The molecule has 0 aliphatic heterocycles. The Kier molecular flexibility index (Phi) is 12.8. The molecule has 0 bridgehead atoms. The molecule has 0 rings (SSSR count). The van der Waals surface area contributed by atoms with E-state index in [0.29, 0.717) is 6.61 Å². The first-order valence-corrected chi connectivity index (χ1v) is 6.23. The quantitative estimate of drug-likeness (QED) is 0.504. The molecular formula is C12H27NO. The van der Waals surface area contributed by atoms with Crippen LogP contribution in [-0.4, -0.2) is 24.8 Å². The van der Waals surface area contributed by atoms with Gasteiger partial charge in [0.2, 0.25) is 0 Å². The number of hydrogen-bond donors (Lipinski definition) is 2. The molecule has 2 N–H and O–H groups in total. The van der Waals surface area contributed by atoms with Crippen LogP contribution in [0.1, 0.15) is 58.3 Å². The summed E-state index contributed by atoms with van der Waals surface area (Å²) in [5.74, 6) is 0. The van der Waals surface area contributed by atoms with E-state index in [-0.39, 0.29) is 0 Å². The van der Waals surface area contributed by atoms with Crippen LogP contribution in [0.5, 0.6) is 0 Å². The standard InChI is InChI=1S/C12H27NO/c1-2-3-4-5-6-7-8-10-13-11-9-12-14/h13-14H,2-12H2,1H3. The second-order valence-corrected chi connectivity index (χ2v) is 3.95. The number of aliphatic hydroxyl groups excluding tert-OH is 1. The predicted octanol–water partition coefficient (Wildman–Crippen LogP) is 2.71. The van der Waals surface area contributed by atoms with Gasteiger partial charge in [-0.05, 0) is 25.9 Å². The predicted molar refractivity (Wildman–Crippen MR) is 62.6 cm³/mol. The first-order valence-electron chi connectivity index (χ1n) is 6.23. The largest absolute Gasteiger partial charge is 0.396 e. The first kappa shape index (κ1) is 13.9. The molecule has 0 saturated heterocycles. The van der Waals surface area contributed by atoms with Crippen molar-refractivity contribution in [3.05, 3.63) is 0 Å². The molecule has 2 heteroatoms. The van der Waals surface area contributed by atoms with Crippen LogP contribution in [0.25, 0.3) is 0 Å². The average molecular weight is 201 g/mol. The van der Waals surface area contributed by atoms with Crippen molar-refractivity contribution in [2.45, 2.75) is 58.3 Å². The molecule has 0 radical (unpaired) electrons. The summed E-state index contributed by atoms with van der Waals surface area (Å²) < 4.78 is 0. The highest BCUT2D eigenvalue weighted by molar-refractivity contribution is 4.49. The van der Waals surface area contributed by atoms with Crippen LogP contribution in [0, 0.1) is 0 Å². The minimum absolute atomic E-state index is 0.310. The maximum absolute atomic E-state index is 8.55. The van der Waals surface area contributed by atoms with Crippen molar-refractivity contribution >= 4 is 0 Å². The Morgan fingerprint density at radius 2 is 1.36 bits per heavy atom. The van der Waals surface area contributed by atoms with Gasteiger partial charge in [-0.1, -0.05) is 45.4 Å². The maximum Gasteiger partial charge on any atom is 0.0443 e. The molecule has 0 aliphatic rings. The molecule has 0 aliphatic carbocycles. The van der Waals surface area contributed by atoms with Crippen molar-refractivity contribution < 1.29 is 5.11 Å². The van der Waals surface area contributed by atoms with E-state index in [0.717, 1.165) is 19.5 Å². The van der Waals surface area contributed by atoms with Crippen LogP contribution in [0.3, 0.4) is 0 Å². The number of aliphatic hydroxyl groups is 1. The molecule has 86 valence electrons. The van der Waals surface area contributed by atoms with Crippen molar-refractivity contribution in [1.29, 1.82) is 0 Å². The molecule has 2 nitrogen and oxygen atoms in total. The molecule has 0 spiro atoms. The highest BCUT2D eigenvalue weighted by atomic mass is 16.3.